The molecule has 1 aromatic rings. The van der Waals surface area contributed by atoms with Gasteiger partial charge in [-0.3, -0.25) is 0 Å². The van der Waals surface area contributed by atoms with Crippen molar-refractivity contribution in [3.8, 4) is 0 Å². The monoisotopic (exact) mass is 193 g/mol. The Balaban J connectivity index is 3.41. The number of nitrogens with zero attached hydrogens (tertiary/aromatic N) is 1. The lowest BCUT2D eigenvalue weighted by atomic mass is 10.2. The van der Waals surface area contributed by atoms with Gasteiger partial charge in [-0.05, 0) is 0 Å². The summed E-state index contributed by atoms with van der Waals surface area (Å²) in [6, 6.07) is 0.605. The summed E-state index contributed by atoms with van der Waals surface area (Å²) in [6.45, 7) is 0. The van der Waals surface area contributed by atoms with Crippen LogP contribution in [-0.2, 0) is 0 Å². The minimum Gasteiger partial charge on any atom is -0.375 e. The van der Waals surface area contributed by atoms with Crippen LogP contribution in [0.4, 0.5) is 23.2 Å². The first kappa shape index (κ1) is 9.83. The van der Waals surface area contributed by atoms with Gasteiger partial charge in [0.05, 0.1) is 5.69 Å². The Kier molecular flexibility index (Phi) is 2.45. The van der Waals surface area contributed by atoms with Crippen LogP contribution in [0.25, 0.3) is 0 Å². The van der Waals surface area contributed by atoms with E-state index in [1.165, 1.54) is 14.1 Å². The second-order valence-corrected chi connectivity index (χ2v) is 2.71. The topological polar surface area (TPSA) is 3.24 Å². The zero-order valence-electron chi connectivity index (χ0n) is 7.04. The maximum atomic E-state index is 12.9. The summed E-state index contributed by atoms with van der Waals surface area (Å²) >= 11 is 0. The van der Waals surface area contributed by atoms with Gasteiger partial charge in [0, 0.05) is 20.2 Å². The van der Waals surface area contributed by atoms with Crippen LogP contribution < -0.4 is 4.90 Å². The third-order valence-corrected chi connectivity index (χ3v) is 1.57. The number of hydrogen-bond acceptors (Lipinski definition) is 1. The summed E-state index contributed by atoms with van der Waals surface area (Å²) in [5.74, 6) is -6.36. The summed E-state index contributed by atoms with van der Waals surface area (Å²) in [6.07, 6.45) is 0. The molecular weight excluding hydrogens is 186 g/mol. The molecular formula is C8H7F4N. The van der Waals surface area contributed by atoms with Gasteiger partial charge in [0.25, 0.3) is 0 Å². The van der Waals surface area contributed by atoms with Gasteiger partial charge in [-0.2, -0.15) is 0 Å². The van der Waals surface area contributed by atoms with E-state index in [0.717, 1.165) is 4.90 Å². The second kappa shape index (κ2) is 3.24. The van der Waals surface area contributed by atoms with E-state index in [1.807, 2.05) is 0 Å². The first-order valence-corrected chi connectivity index (χ1v) is 3.45. The molecule has 0 saturated heterocycles. The van der Waals surface area contributed by atoms with Crippen molar-refractivity contribution >= 4 is 5.69 Å². The molecule has 0 fully saturated rings. The maximum absolute atomic E-state index is 12.9. The zero-order chi connectivity index (χ0) is 10.2. The highest BCUT2D eigenvalue weighted by Crippen LogP contribution is 2.24. The van der Waals surface area contributed by atoms with Crippen molar-refractivity contribution in [1.29, 1.82) is 0 Å². The Morgan fingerprint density at radius 1 is 0.923 bits per heavy atom. The molecule has 1 nitrogen and oxygen atoms in total. The molecule has 1 aromatic carbocycles. The fourth-order valence-electron chi connectivity index (χ4n) is 0.886. The first-order valence-electron chi connectivity index (χ1n) is 3.45. The van der Waals surface area contributed by atoms with E-state index in [2.05, 4.69) is 0 Å². The largest absolute Gasteiger partial charge is 0.375 e. The summed E-state index contributed by atoms with van der Waals surface area (Å²) in [4.78, 5) is 1.15. The van der Waals surface area contributed by atoms with E-state index in [0.29, 0.717) is 6.07 Å². The van der Waals surface area contributed by atoms with Gasteiger partial charge >= 0.3 is 0 Å². The van der Waals surface area contributed by atoms with Crippen molar-refractivity contribution < 1.29 is 17.6 Å². The lowest BCUT2D eigenvalue weighted by Gasteiger charge is -2.13. The van der Waals surface area contributed by atoms with Crippen LogP contribution in [-0.4, -0.2) is 14.1 Å². The minimum atomic E-state index is -1.79. The molecule has 0 heterocycles. The fraction of sp³-hybridized carbons (Fsp3) is 0.250. The Morgan fingerprint density at radius 2 is 1.46 bits per heavy atom. The van der Waals surface area contributed by atoms with Crippen LogP contribution in [0.1, 0.15) is 0 Å². The molecule has 0 saturated carbocycles. The molecule has 0 bridgehead atoms. The minimum absolute atomic E-state index is 0.323. The molecule has 0 aliphatic rings. The predicted octanol–water partition coefficient (Wildman–Crippen LogP) is 2.31. The quantitative estimate of drug-likeness (QED) is 0.376. The van der Waals surface area contributed by atoms with Gasteiger partial charge in [-0.25, -0.2) is 17.6 Å². The molecule has 13 heavy (non-hydrogen) atoms. The summed E-state index contributed by atoms with van der Waals surface area (Å²) in [5, 5.41) is 0. The molecule has 0 spiro atoms. The van der Waals surface area contributed by atoms with Gasteiger partial charge < -0.3 is 4.90 Å². The molecule has 0 radical (unpaired) electrons. The van der Waals surface area contributed by atoms with E-state index in [-0.39, 0.29) is 5.69 Å². The normalized spacial score (nSPS) is 10.3. The van der Waals surface area contributed by atoms with Crippen LogP contribution in [0, 0.1) is 23.3 Å². The number of benzene rings is 1. The van der Waals surface area contributed by atoms with Crippen LogP contribution in [0.2, 0.25) is 0 Å². The van der Waals surface area contributed by atoms with E-state index < -0.39 is 23.3 Å². The summed E-state index contributed by atoms with van der Waals surface area (Å²) in [7, 11) is 2.80. The van der Waals surface area contributed by atoms with Crippen LogP contribution in [0.3, 0.4) is 0 Å². The first-order chi connectivity index (χ1) is 5.95. The molecule has 0 aliphatic carbocycles. The third kappa shape index (κ3) is 1.59. The fourth-order valence-corrected chi connectivity index (χ4v) is 0.886. The van der Waals surface area contributed by atoms with Crippen molar-refractivity contribution in [2.45, 2.75) is 0 Å². The summed E-state index contributed by atoms with van der Waals surface area (Å²) < 4.78 is 50.5. The molecule has 72 valence electrons. The van der Waals surface area contributed by atoms with E-state index >= 15 is 0 Å². The Morgan fingerprint density at radius 3 is 1.92 bits per heavy atom. The van der Waals surface area contributed by atoms with Gasteiger partial charge in [0.15, 0.2) is 23.3 Å². The molecule has 5 heteroatoms. The van der Waals surface area contributed by atoms with Crippen molar-refractivity contribution in [1.82, 2.24) is 0 Å². The molecule has 0 atom stereocenters. The Hall–Kier alpha value is -1.26. The summed E-state index contributed by atoms with van der Waals surface area (Å²) in [5.41, 5.74) is -0.323. The van der Waals surface area contributed by atoms with E-state index in [9.17, 15) is 17.6 Å². The highest BCUT2D eigenvalue weighted by molar-refractivity contribution is 5.47. The molecule has 1 rings (SSSR count). The van der Waals surface area contributed by atoms with Gasteiger partial charge in [0.2, 0.25) is 0 Å². The molecule has 0 amide bonds. The molecule has 0 unspecified atom stereocenters. The van der Waals surface area contributed by atoms with Gasteiger partial charge in [0.1, 0.15) is 0 Å². The maximum Gasteiger partial charge on any atom is 0.199 e. The second-order valence-electron chi connectivity index (χ2n) is 2.71. The van der Waals surface area contributed by atoms with Gasteiger partial charge in [-0.1, -0.05) is 0 Å². The SMILES string of the molecule is CN(C)c1cc(F)c(F)c(F)c1F. The number of halogens is 4. The van der Waals surface area contributed by atoms with E-state index in [1.54, 1.807) is 0 Å². The predicted molar refractivity (Wildman–Crippen MR) is 40.6 cm³/mol. The average molecular weight is 193 g/mol. The van der Waals surface area contributed by atoms with Crippen molar-refractivity contribution in [2.24, 2.45) is 0 Å². The van der Waals surface area contributed by atoms with Crippen LogP contribution in [0.5, 0.6) is 0 Å². The smallest absolute Gasteiger partial charge is 0.199 e. The van der Waals surface area contributed by atoms with Gasteiger partial charge in [-0.15, -0.1) is 0 Å². The standard InChI is InChI=1S/C8H7F4N/c1-13(2)5-3-4(9)6(10)8(12)7(5)11/h3H,1-2H3. The lowest BCUT2D eigenvalue weighted by molar-refractivity contribution is 0.409. The van der Waals surface area contributed by atoms with Crippen LogP contribution in [0.15, 0.2) is 6.07 Å². The highest BCUT2D eigenvalue weighted by Gasteiger charge is 2.19. The Bertz CT molecular complexity index is 335. The van der Waals surface area contributed by atoms with E-state index in [4.69, 9.17) is 0 Å². The number of rotatable bonds is 1. The zero-order valence-corrected chi connectivity index (χ0v) is 7.04. The Labute approximate surface area is 72.6 Å². The highest BCUT2D eigenvalue weighted by atomic mass is 19.2. The third-order valence-electron chi connectivity index (χ3n) is 1.57. The number of anilines is 1. The van der Waals surface area contributed by atoms with Crippen LogP contribution >= 0.6 is 0 Å². The average Bonchev–Trinajstić information content (AvgIpc) is 2.07. The lowest BCUT2D eigenvalue weighted by Crippen LogP contribution is -2.13. The number of hydrogen-bond donors (Lipinski definition) is 0. The molecule has 0 aromatic heterocycles. The molecule has 0 aliphatic heterocycles. The van der Waals surface area contributed by atoms with Crippen molar-refractivity contribution in [2.75, 3.05) is 19.0 Å². The van der Waals surface area contributed by atoms with Crippen molar-refractivity contribution in [3.63, 3.8) is 0 Å². The molecule has 0 N–H and O–H groups in total. The van der Waals surface area contributed by atoms with Crippen molar-refractivity contribution in [3.05, 3.63) is 29.3 Å².